The van der Waals surface area contributed by atoms with Crippen molar-refractivity contribution in [1.82, 2.24) is 5.16 Å². The lowest BCUT2D eigenvalue weighted by Gasteiger charge is -2.00. The Morgan fingerprint density at radius 1 is 1.17 bits per heavy atom. The van der Waals surface area contributed by atoms with Crippen LogP contribution < -0.4 is 5.63 Å². The van der Waals surface area contributed by atoms with Gasteiger partial charge in [0.15, 0.2) is 5.76 Å². The Hall–Kier alpha value is -3.29. The molecule has 0 saturated carbocycles. The number of hydrogen-bond acceptors (Lipinski definition) is 6. The van der Waals surface area contributed by atoms with Gasteiger partial charge in [-0.05, 0) is 18.2 Å². The van der Waals surface area contributed by atoms with Crippen molar-refractivity contribution in [2.24, 2.45) is 0 Å². The van der Waals surface area contributed by atoms with Crippen molar-refractivity contribution in [3.8, 4) is 11.3 Å². The van der Waals surface area contributed by atoms with Crippen LogP contribution in [0.15, 0.2) is 56.4 Å². The van der Waals surface area contributed by atoms with E-state index < -0.39 is 23.2 Å². The molecule has 6 nitrogen and oxygen atoms in total. The third-order valence-electron chi connectivity index (χ3n) is 3.04. The minimum atomic E-state index is -0.797. The van der Waals surface area contributed by atoms with E-state index in [0.717, 1.165) is 24.5 Å². The second-order valence-corrected chi connectivity index (χ2v) is 4.73. The molecule has 0 unspecified atom stereocenters. The molecule has 1 aromatic carbocycles. The van der Waals surface area contributed by atoms with Gasteiger partial charge in [0.05, 0.1) is 11.1 Å². The Morgan fingerprint density at radius 2 is 2.00 bits per heavy atom. The van der Waals surface area contributed by atoms with Crippen LogP contribution in [0.4, 0.5) is 8.78 Å². The molecule has 0 aliphatic carbocycles. The maximum atomic E-state index is 13.7. The van der Waals surface area contributed by atoms with E-state index in [1.807, 2.05) is 0 Å². The fraction of sp³-hybridized carbons (Fsp3) is 0.0625. The van der Waals surface area contributed by atoms with Crippen LogP contribution in [-0.2, 0) is 11.3 Å². The third-order valence-corrected chi connectivity index (χ3v) is 3.04. The van der Waals surface area contributed by atoms with Crippen LogP contribution in [0, 0.1) is 11.6 Å². The van der Waals surface area contributed by atoms with Crippen LogP contribution in [-0.4, -0.2) is 11.1 Å². The molecule has 0 aliphatic rings. The second kappa shape index (κ2) is 6.45. The fourth-order valence-corrected chi connectivity index (χ4v) is 1.89. The molecule has 0 aliphatic heterocycles. The lowest BCUT2D eigenvalue weighted by molar-refractivity contribution is 0.0461. The lowest BCUT2D eigenvalue weighted by Crippen LogP contribution is -2.07. The zero-order valence-corrected chi connectivity index (χ0v) is 12.0. The minimum absolute atomic E-state index is 0.0336. The van der Waals surface area contributed by atoms with Gasteiger partial charge in [-0.15, -0.1) is 0 Å². The van der Waals surface area contributed by atoms with Gasteiger partial charge in [-0.2, -0.15) is 0 Å². The van der Waals surface area contributed by atoms with Crippen molar-refractivity contribution in [2.45, 2.75) is 6.61 Å². The van der Waals surface area contributed by atoms with E-state index in [1.165, 1.54) is 18.2 Å². The number of carbonyl (C=O) groups excluding carboxylic acids is 1. The fourth-order valence-electron chi connectivity index (χ4n) is 1.89. The maximum Gasteiger partial charge on any atom is 0.341 e. The van der Waals surface area contributed by atoms with Crippen molar-refractivity contribution in [3.63, 3.8) is 0 Å². The van der Waals surface area contributed by atoms with Gasteiger partial charge in [0, 0.05) is 18.2 Å². The molecule has 3 aromatic rings. The van der Waals surface area contributed by atoms with E-state index in [-0.39, 0.29) is 29.2 Å². The van der Waals surface area contributed by atoms with E-state index in [4.69, 9.17) is 9.26 Å². The average Bonchev–Trinajstić information content (AvgIpc) is 3.02. The summed E-state index contributed by atoms with van der Waals surface area (Å²) < 4.78 is 41.0. The highest BCUT2D eigenvalue weighted by atomic mass is 19.1. The number of carbonyl (C=O) groups is 1. The molecule has 0 bridgehead atoms. The van der Waals surface area contributed by atoms with Crippen molar-refractivity contribution in [3.05, 3.63) is 76.0 Å². The summed E-state index contributed by atoms with van der Waals surface area (Å²) in [5, 5.41) is 3.65. The molecular weight excluding hydrogens is 324 g/mol. The Balaban J connectivity index is 1.69. The van der Waals surface area contributed by atoms with Crippen LogP contribution >= 0.6 is 0 Å². The molecule has 0 amide bonds. The summed E-state index contributed by atoms with van der Waals surface area (Å²) in [6.45, 7) is -0.232. The highest BCUT2D eigenvalue weighted by Crippen LogP contribution is 2.24. The molecule has 0 radical (unpaired) electrons. The largest absolute Gasteiger partial charge is 0.455 e. The van der Waals surface area contributed by atoms with Crippen molar-refractivity contribution in [1.29, 1.82) is 0 Å². The maximum absolute atomic E-state index is 13.7. The Labute approximate surface area is 133 Å². The molecule has 2 aromatic heterocycles. The van der Waals surface area contributed by atoms with E-state index >= 15 is 0 Å². The summed E-state index contributed by atoms with van der Waals surface area (Å²) in [4.78, 5) is 22.6. The predicted octanol–water partition coefficient (Wildman–Crippen LogP) is 2.93. The van der Waals surface area contributed by atoms with Crippen LogP contribution in [0.2, 0.25) is 0 Å². The first-order valence-corrected chi connectivity index (χ1v) is 6.70. The van der Waals surface area contributed by atoms with E-state index in [9.17, 15) is 18.4 Å². The molecule has 0 atom stereocenters. The van der Waals surface area contributed by atoms with Gasteiger partial charge in [0.1, 0.15) is 30.2 Å². The van der Waals surface area contributed by atoms with Crippen LogP contribution in [0.25, 0.3) is 11.3 Å². The number of hydrogen-bond donors (Lipinski definition) is 0. The molecule has 3 rings (SSSR count). The van der Waals surface area contributed by atoms with Crippen molar-refractivity contribution < 1.29 is 27.3 Å². The van der Waals surface area contributed by atoms with Gasteiger partial charge in [0.2, 0.25) is 0 Å². The van der Waals surface area contributed by atoms with Crippen LogP contribution in [0.5, 0.6) is 0 Å². The highest BCUT2D eigenvalue weighted by molar-refractivity contribution is 5.88. The topological polar surface area (TPSA) is 82.5 Å². The summed E-state index contributed by atoms with van der Waals surface area (Å²) in [6.07, 6.45) is 0.979. The number of esters is 1. The van der Waals surface area contributed by atoms with E-state index in [1.54, 1.807) is 0 Å². The molecule has 0 fully saturated rings. The number of benzene rings is 1. The summed E-state index contributed by atoms with van der Waals surface area (Å²) in [6, 6.07) is 6.74. The van der Waals surface area contributed by atoms with Crippen molar-refractivity contribution in [2.75, 3.05) is 0 Å². The van der Waals surface area contributed by atoms with Gasteiger partial charge >= 0.3 is 11.6 Å². The second-order valence-electron chi connectivity index (χ2n) is 4.73. The number of halogens is 2. The molecule has 2 heterocycles. The summed E-state index contributed by atoms with van der Waals surface area (Å²) in [5.74, 6) is -2.16. The number of nitrogens with zero attached hydrogens (tertiary/aromatic N) is 1. The average molecular weight is 333 g/mol. The third kappa shape index (κ3) is 3.37. The standard InChI is InChI=1S/C16H9F2NO5/c17-10-2-3-12(13(18)5-10)14-6-11(19-24-14)8-23-16(21)9-1-4-15(20)22-7-9/h1-7H,8H2. The highest BCUT2D eigenvalue weighted by Gasteiger charge is 2.14. The molecule has 122 valence electrons. The van der Waals surface area contributed by atoms with E-state index in [0.29, 0.717) is 0 Å². The van der Waals surface area contributed by atoms with Gasteiger partial charge in [-0.1, -0.05) is 5.16 Å². The Bertz CT molecular complexity index is 927. The summed E-state index contributed by atoms with van der Waals surface area (Å²) in [7, 11) is 0. The minimum Gasteiger partial charge on any atom is -0.455 e. The summed E-state index contributed by atoms with van der Waals surface area (Å²) in [5.41, 5.74) is -0.261. The van der Waals surface area contributed by atoms with Gasteiger partial charge in [0.25, 0.3) is 0 Å². The predicted molar refractivity (Wildman–Crippen MR) is 76.0 cm³/mol. The molecule has 24 heavy (non-hydrogen) atoms. The monoisotopic (exact) mass is 333 g/mol. The van der Waals surface area contributed by atoms with Gasteiger partial charge in [-0.25, -0.2) is 18.4 Å². The first-order valence-electron chi connectivity index (χ1n) is 6.70. The van der Waals surface area contributed by atoms with Gasteiger partial charge in [-0.3, -0.25) is 0 Å². The summed E-state index contributed by atoms with van der Waals surface area (Å²) >= 11 is 0. The molecular formula is C16H9F2NO5. The Morgan fingerprint density at radius 3 is 2.71 bits per heavy atom. The Kier molecular flexibility index (Phi) is 4.19. The lowest BCUT2D eigenvalue weighted by atomic mass is 10.1. The molecule has 0 spiro atoms. The number of aromatic nitrogens is 1. The van der Waals surface area contributed by atoms with E-state index in [2.05, 4.69) is 9.57 Å². The van der Waals surface area contributed by atoms with Crippen LogP contribution in [0.3, 0.4) is 0 Å². The quantitative estimate of drug-likeness (QED) is 0.683. The normalized spacial score (nSPS) is 10.6. The number of rotatable bonds is 4. The SMILES string of the molecule is O=C(OCc1cc(-c2ccc(F)cc2F)on1)c1ccc(=O)oc1. The molecule has 0 saturated heterocycles. The number of ether oxygens (including phenoxy) is 1. The molecule has 0 N–H and O–H groups in total. The molecule has 8 heteroatoms. The smallest absolute Gasteiger partial charge is 0.341 e. The van der Waals surface area contributed by atoms with Crippen molar-refractivity contribution >= 4 is 5.97 Å². The van der Waals surface area contributed by atoms with Gasteiger partial charge < -0.3 is 13.7 Å². The zero-order chi connectivity index (χ0) is 17.1. The zero-order valence-electron chi connectivity index (χ0n) is 12.0. The first-order chi connectivity index (χ1) is 11.5. The van der Waals surface area contributed by atoms with Crippen LogP contribution in [0.1, 0.15) is 16.1 Å². The first kappa shape index (κ1) is 15.6.